The van der Waals surface area contributed by atoms with Gasteiger partial charge in [0, 0.05) is 13.7 Å². The third-order valence-electron chi connectivity index (χ3n) is 1.99. The summed E-state index contributed by atoms with van der Waals surface area (Å²) in [6.45, 7) is 7.52. The Balaban J connectivity index is 3.66. The highest BCUT2D eigenvalue weighted by Gasteiger charge is 2.00. The molecule has 12 heavy (non-hydrogen) atoms. The standard InChI is InChI=1S/C11H22O/c1-5-11(8-9-12-4)7-6-10(2)3/h6-7,10-11H,5,8-9H2,1-4H3/b7-6+. The summed E-state index contributed by atoms with van der Waals surface area (Å²) in [5, 5.41) is 0. The Labute approximate surface area is 76.8 Å². The Morgan fingerprint density at radius 2 is 1.92 bits per heavy atom. The maximum atomic E-state index is 5.05. The van der Waals surface area contributed by atoms with Crippen molar-refractivity contribution >= 4 is 0 Å². The molecule has 0 N–H and O–H groups in total. The van der Waals surface area contributed by atoms with Crippen molar-refractivity contribution in [3.05, 3.63) is 12.2 Å². The van der Waals surface area contributed by atoms with Crippen molar-refractivity contribution in [3.63, 3.8) is 0 Å². The smallest absolute Gasteiger partial charge is 0.0467 e. The molecule has 0 aliphatic rings. The van der Waals surface area contributed by atoms with Gasteiger partial charge in [-0.1, -0.05) is 32.9 Å². The zero-order chi connectivity index (χ0) is 9.40. The van der Waals surface area contributed by atoms with Crippen molar-refractivity contribution in [2.45, 2.75) is 33.6 Å². The lowest BCUT2D eigenvalue weighted by molar-refractivity contribution is 0.183. The highest BCUT2D eigenvalue weighted by atomic mass is 16.5. The van der Waals surface area contributed by atoms with E-state index in [4.69, 9.17) is 4.74 Å². The largest absolute Gasteiger partial charge is 0.385 e. The molecule has 0 heterocycles. The second-order valence-electron chi connectivity index (χ2n) is 3.58. The van der Waals surface area contributed by atoms with E-state index in [9.17, 15) is 0 Å². The van der Waals surface area contributed by atoms with Crippen molar-refractivity contribution in [3.8, 4) is 0 Å². The van der Waals surface area contributed by atoms with Gasteiger partial charge in [-0.25, -0.2) is 0 Å². The number of hydrogen-bond donors (Lipinski definition) is 0. The summed E-state index contributed by atoms with van der Waals surface area (Å²) in [6, 6.07) is 0. The van der Waals surface area contributed by atoms with E-state index in [0.29, 0.717) is 11.8 Å². The fourth-order valence-corrected chi connectivity index (χ4v) is 1.09. The SMILES string of the molecule is CCC(/C=C/C(C)C)CCOC. The van der Waals surface area contributed by atoms with Crippen molar-refractivity contribution < 1.29 is 4.74 Å². The molecule has 1 nitrogen and oxygen atoms in total. The number of ether oxygens (including phenoxy) is 1. The first kappa shape index (κ1) is 11.7. The van der Waals surface area contributed by atoms with Gasteiger partial charge in [0.1, 0.15) is 0 Å². The lowest BCUT2D eigenvalue weighted by Gasteiger charge is -2.09. The molecule has 0 saturated heterocycles. The van der Waals surface area contributed by atoms with Crippen LogP contribution in [0.2, 0.25) is 0 Å². The van der Waals surface area contributed by atoms with Gasteiger partial charge in [-0.3, -0.25) is 0 Å². The third-order valence-corrected chi connectivity index (χ3v) is 1.99. The first-order valence-electron chi connectivity index (χ1n) is 4.88. The minimum atomic E-state index is 0.668. The molecule has 1 heteroatoms. The molecule has 0 spiro atoms. The van der Waals surface area contributed by atoms with E-state index in [1.807, 2.05) is 0 Å². The highest BCUT2D eigenvalue weighted by molar-refractivity contribution is 4.89. The molecule has 0 aromatic heterocycles. The summed E-state index contributed by atoms with van der Waals surface area (Å²) in [6.07, 6.45) is 6.97. The average molecular weight is 170 g/mol. The first-order chi connectivity index (χ1) is 5.70. The van der Waals surface area contributed by atoms with E-state index in [-0.39, 0.29) is 0 Å². The molecule has 0 amide bonds. The molecule has 1 atom stereocenters. The van der Waals surface area contributed by atoms with Crippen LogP contribution in [0.3, 0.4) is 0 Å². The molecule has 0 aliphatic carbocycles. The van der Waals surface area contributed by atoms with Crippen LogP contribution in [0.15, 0.2) is 12.2 Å². The van der Waals surface area contributed by atoms with Gasteiger partial charge in [-0.05, 0) is 24.7 Å². The minimum absolute atomic E-state index is 0.668. The Bertz CT molecular complexity index is 116. The molecule has 0 aromatic rings. The van der Waals surface area contributed by atoms with Gasteiger partial charge in [-0.15, -0.1) is 0 Å². The molecule has 0 aromatic carbocycles. The number of hydrogen-bond acceptors (Lipinski definition) is 1. The van der Waals surface area contributed by atoms with Gasteiger partial charge >= 0.3 is 0 Å². The third kappa shape index (κ3) is 6.41. The van der Waals surface area contributed by atoms with Crippen LogP contribution in [-0.4, -0.2) is 13.7 Å². The van der Waals surface area contributed by atoms with Crippen LogP contribution >= 0.6 is 0 Å². The Morgan fingerprint density at radius 3 is 2.33 bits per heavy atom. The lowest BCUT2D eigenvalue weighted by atomic mass is 10.0. The van der Waals surface area contributed by atoms with Crippen LogP contribution in [0.4, 0.5) is 0 Å². The van der Waals surface area contributed by atoms with Gasteiger partial charge < -0.3 is 4.74 Å². The van der Waals surface area contributed by atoms with Gasteiger partial charge in [0.25, 0.3) is 0 Å². The van der Waals surface area contributed by atoms with Crippen LogP contribution in [0.25, 0.3) is 0 Å². The van der Waals surface area contributed by atoms with E-state index < -0.39 is 0 Å². The molecular weight excluding hydrogens is 148 g/mol. The zero-order valence-electron chi connectivity index (χ0n) is 8.84. The van der Waals surface area contributed by atoms with Crippen LogP contribution in [0.1, 0.15) is 33.6 Å². The number of allylic oxidation sites excluding steroid dienone is 2. The monoisotopic (exact) mass is 170 g/mol. The van der Waals surface area contributed by atoms with Crippen LogP contribution < -0.4 is 0 Å². The zero-order valence-corrected chi connectivity index (χ0v) is 8.84. The first-order valence-corrected chi connectivity index (χ1v) is 4.88. The average Bonchev–Trinajstić information content (AvgIpc) is 2.05. The number of methoxy groups -OCH3 is 1. The molecule has 0 radical (unpaired) electrons. The van der Waals surface area contributed by atoms with Crippen molar-refractivity contribution in [1.82, 2.24) is 0 Å². The molecule has 0 aliphatic heterocycles. The van der Waals surface area contributed by atoms with Crippen molar-refractivity contribution in [2.75, 3.05) is 13.7 Å². The molecule has 0 rings (SSSR count). The quantitative estimate of drug-likeness (QED) is 0.556. The van der Waals surface area contributed by atoms with Gasteiger partial charge in [-0.2, -0.15) is 0 Å². The molecule has 1 unspecified atom stereocenters. The van der Waals surface area contributed by atoms with Gasteiger partial charge in [0.05, 0.1) is 0 Å². The molecular formula is C11H22O. The van der Waals surface area contributed by atoms with E-state index >= 15 is 0 Å². The van der Waals surface area contributed by atoms with E-state index in [1.54, 1.807) is 7.11 Å². The van der Waals surface area contributed by atoms with Gasteiger partial charge in [0.2, 0.25) is 0 Å². The lowest BCUT2D eigenvalue weighted by Crippen LogP contribution is -2.00. The Morgan fingerprint density at radius 1 is 1.25 bits per heavy atom. The fraction of sp³-hybridized carbons (Fsp3) is 0.818. The maximum absolute atomic E-state index is 5.05. The second-order valence-corrected chi connectivity index (χ2v) is 3.58. The van der Waals surface area contributed by atoms with E-state index in [1.165, 1.54) is 6.42 Å². The van der Waals surface area contributed by atoms with Gasteiger partial charge in [0.15, 0.2) is 0 Å². The Hall–Kier alpha value is -0.300. The second kappa shape index (κ2) is 7.35. The summed E-state index contributed by atoms with van der Waals surface area (Å²) in [5.74, 6) is 1.37. The molecule has 0 saturated carbocycles. The normalized spacial score (nSPS) is 14.4. The van der Waals surface area contributed by atoms with Crippen LogP contribution in [0.5, 0.6) is 0 Å². The summed E-state index contributed by atoms with van der Waals surface area (Å²) in [7, 11) is 1.76. The van der Waals surface area contributed by atoms with Crippen molar-refractivity contribution in [2.24, 2.45) is 11.8 Å². The minimum Gasteiger partial charge on any atom is -0.385 e. The van der Waals surface area contributed by atoms with Crippen LogP contribution in [-0.2, 0) is 4.74 Å². The van der Waals surface area contributed by atoms with E-state index in [0.717, 1.165) is 13.0 Å². The summed E-state index contributed by atoms with van der Waals surface area (Å²) < 4.78 is 5.05. The molecule has 0 bridgehead atoms. The topological polar surface area (TPSA) is 9.23 Å². The summed E-state index contributed by atoms with van der Waals surface area (Å²) >= 11 is 0. The van der Waals surface area contributed by atoms with Crippen LogP contribution in [0, 0.1) is 11.8 Å². The van der Waals surface area contributed by atoms with Crippen molar-refractivity contribution in [1.29, 1.82) is 0 Å². The fourth-order valence-electron chi connectivity index (χ4n) is 1.09. The predicted molar refractivity (Wildman–Crippen MR) is 54.3 cm³/mol. The Kier molecular flexibility index (Phi) is 7.17. The maximum Gasteiger partial charge on any atom is 0.0467 e. The summed E-state index contributed by atoms with van der Waals surface area (Å²) in [5.41, 5.74) is 0. The predicted octanol–water partition coefficient (Wildman–Crippen LogP) is 3.26. The van der Waals surface area contributed by atoms with E-state index in [2.05, 4.69) is 32.9 Å². The highest BCUT2D eigenvalue weighted by Crippen LogP contribution is 2.11. The molecule has 0 fully saturated rings. The number of rotatable bonds is 6. The summed E-state index contributed by atoms with van der Waals surface area (Å²) in [4.78, 5) is 0. The molecule has 72 valence electrons.